The minimum atomic E-state index is -3.21. The second-order valence-corrected chi connectivity index (χ2v) is 11.3. The number of thioether (sulfide) groups is 1. The summed E-state index contributed by atoms with van der Waals surface area (Å²) >= 11 is 7.40. The molecule has 33 heavy (non-hydrogen) atoms. The lowest BCUT2D eigenvalue weighted by molar-refractivity contribution is -0.113. The molecule has 2 atom stereocenters. The van der Waals surface area contributed by atoms with E-state index in [-0.39, 0.29) is 29.2 Å². The molecule has 176 valence electrons. The summed E-state index contributed by atoms with van der Waals surface area (Å²) in [6.45, 7) is 1.84. The number of halogens is 1. The Bertz CT molecular complexity index is 1220. The molecule has 1 amide bonds. The number of anilines is 2. The zero-order valence-electron chi connectivity index (χ0n) is 18.4. The molecule has 2 aliphatic heterocycles. The maximum absolute atomic E-state index is 12.7. The van der Waals surface area contributed by atoms with Crippen LogP contribution in [0, 0.1) is 6.92 Å². The number of amidine groups is 1. The highest BCUT2D eigenvalue weighted by atomic mass is 35.5. The topological polar surface area (TPSA) is 97.3 Å². The van der Waals surface area contributed by atoms with E-state index in [1.807, 2.05) is 11.8 Å². The number of hydrogen-bond acceptors (Lipinski definition) is 8. The molecule has 0 spiro atoms. The van der Waals surface area contributed by atoms with E-state index in [2.05, 4.69) is 10.3 Å². The maximum atomic E-state index is 12.7. The van der Waals surface area contributed by atoms with Crippen molar-refractivity contribution in [1.29, 1.82) is 0 Å². The predicted octanol–water partition coefficient (Wildman–Crippen LogP) is 3.38. The molecule has 1 fully saturated rings. The van der Waals surface area contributed by atoms with Crippen LogP contribution >= 0.6 is 23.4 Å². The van der Waals surface area contributed by atoms with Crippen molar-refractivity contribution in [2.24, 2.45) is 4.99 Å². The number of hydrogen-bond donors (Lipinski definition) is 1. The molecule has 0 bridgehead atoms. The molecule has 0 unspecified atom stereocenters. The van der Waals surface area contributed by atoms with Crippen molar-refractivity contribution in [3.63, 3.8) is 0 Å². The monoisotopic (exact) mass is 509 g/mol. The molecule has 1 N–H and O–H groups in total. The zero-order chi connectivity index (χ0) is 23.8. The van der Waals surface area contributed by atoms with Crippen LogP contribution in [0.3, 0.4) is 0 Å². The Kier molecular flexibility index (Phi) is 6.78. The summed E-state index contributed by atoms with van der Waals surface area (Å²) in [6.07, 6.45) is 0. The van der Waals surface area contributed by atoms with Gasteiger partial charge in [0.1, 0.15) is 11.5 Å². The van der Waals surface area contributed by atoms with Crippen molar-refractivity contribution in [2.75, 3.05) is 41.7 Å². The SMILES string of the molecule is COc1ccc(OC)c(N2C(SCC(=O)Nc3cccc(Cl)c3C)=N[C@H]3CS(=O)(=O)C[C@@H]32)c1. The lowest BCUT2D eigenvalue weighted by Gasteiger charge is -2.28. The first-order valence-electron chi connectivity index (χ1n) is 10.2. The van der Waals surface area contributed by atoms with Crippen molar-refractivity contribution < 1.29 is 22.7 Å². The van der Waals surface area contributed by atoms with Gasteiger partial charge in [-0.25, -0.2) is 8.42 Å². The van der Waals surface area contributed by atoms with Gasteiger partial charge < -0.3 is 19.7 Å². The van der Waals surface area contributed by atoms with Gasteiger partial charge >= 0.3 is 0 Å². The van der Waals surface area contributed by atoms with Gasteiger partial charge in [-0.1, -0.05) is 29.4 Å². The minimum absolute atomic E-state index is 0.0144. The summed E-state index contributed by atoms with van der Waals surface area (Å²) in [7, 11) is -0.0974. The number of amides is 1. The summed E-state index contributed by atoms with van der Waals surface area (Å²) in [5.41, 5.74) is 2.09. The van der Waals surface area contributed by atoms with Gasteiger partial charge in [-0.15, -0.1) is 0 Å². The Morgan fingerprint density at radius 3 is 2.76 bits per heavy atom. The molecular weight excluding hydrogens is 486 g/mol. The Balaban J connectivity index is 1.58. The summed E-state index contributed by atoms with van der Waals surface area (Å²) in [4.78, 5) is 19.2. The molecule has 1 saturated heterocycles. The first-order chi connectivity index (χ1) is 15.7. The highest BCUT2D eigenvalue weighted by Crippen LogP contribution is 2.41. The van der Waals surface area contributed by atoms with Crippen molar-refractivity contribution in [3.8, 4) is 11.5 Å². The molecule has 0 radical (unpaired) electrons. The fourth-order valence-corrected chi connectivity index (χ4v) is 6.89. The second kappa shape index (κ2) is 9.44. The third kappa shape index (κ3) is 4.92. The maximum Gasteiger partial charge on any atom is 0.234 e. The number of methoxy groups -OCH3 is 2. The van der Waals surface area contributed by atoms with Gasteiger partial charge in [-0.05, 0) is 36.8 Å². The molecule has 11 heteroatoms. The number of carbonyl (C=O) groups is 1. The van der Waals surface area contributed by atoms with Crippen LogP contribution in [0.2, 0.25) is 5.02 Å². The largest absolute Gasteiger partial charge is 0.497 e. The fourth-order valence-electron chi connectivity index (χ4n) is 3.96. The van der Waals surface area contributed by atoms with Crippen LogP contribution in [-0.4, -0.2) is 63.1 Å². The predicted molar refractivity (Wildman–Crippen MR) is 133 cm³/mol. The number of ether oxygens (including phenoxy) is 2. The molecule has 8 nitrogen and oxygen atoms in total. The highest BCUT2D eigenvalue weighted by Gasteiger charge is 2.48. The lowest BCUT2D eigenvalue weighted by atomic mass is 10.1. The molecule has 2 aromatic carbocycles. The van der Waals surface area contributed by atoms with Crippen LogP contribution in [-0.2, 0) is 14.6 Å². The van der Waals surface area contributed by atoms with Gasteiger partial charge in [0.2, 0.25) is 5.91 Å². The van der Waals surface area contributed by atoms with E-state index in [9.17, 15) is 13.2 Å². The Morgan fingerprint density at radius 2 is 2.03 bits per heavy atom. The normalized spacial score (nSPS) is 20.8. The Hall–Kier alpha value is -2.43. The fraction of sp³-hybridized carbons (Fsp3) is 0.364. The second-order valence-electron chi connectivity index (χ2n) is 7.78. The highest BCUT2D eigenvalue weighted by molar-refractivity contribution is 8.14. The lowest BCUT2D eigenvalue weighted by Crippen LogP contribution is -2.39. The van der Waals surface area contributed by atoms with Gasteiger partial charge in [0.05, 0.1) is 49.2 Å². The number of fused-ring (bicyclic) bond motifs is 1. The number of nitrogens with one attached hydrogen (secondary N) is 1. The van der Waals surface area contributed by atoms with Crippen LogP contribution in [0.15, 0.2) is 41.4 Å². The quantitative estimate of drug-likeness (QED) is 0.637. The molecular formula is C22H24ClN3O5S2. The molecule has 2 aromatic rings. The standard InChI is InChI=1S/C22H24ClN3O5S2/c1-13-15(23)5-4-6-16(13)24-21(27)10-32-22-25-17-11-33(28,29)12-19(17)26(22)18-9-14(30-2)7-8-20(18)31-3/h4-9,17,19H,10-12H2,1-3H3,(H,24,27)/t17-,19-/m0/s1. The van der Waals surface area contributed by atoms with E-state index >= 15 is 0 Å². The van der Waals surface area contributed by atoms with Crippen LogP contribution in [0.25, 0.3) is 0 Å². The summed E-state index contributed by atoms with van der Waals surface area (Å²) in [5, 5.41) is 4.02. The van der Waals surface area contributed by atoms with E-state index in [1.165, 1.54) is 11.8 Å². The Labute approximate surface area is 202 Å². The first-order valence-corrected chi connectivity index (χ1v) is 13.4. The Morgan fingerprint density at radius 1 is 1.24 bits per heavy atom. The van der Waals surface area contributed by atoms with Crippen molar-refractivity contribution in [2.45, 2.75) is 19.0 Å². The van der Waals surface area contributed by atoms with E-state index in [1.54, 1.807) is 50.6 Å². The smallest absolute Gasteiger partial charge is 0.234 e. The number of sulfone groups is 1. The number of carbonyl (C=O) groups excluding carboxylic acids is 1. The molecule has 2 aliphatic rings. The zero-order valence-corrected chi connectivity index (χ0v) is 20.8. The van der Waals surface area contributed by atoms with Gasteiger partial charge in [-0.2, -0.15) is 0 Å². The molecule has 4 rings (SSSR count). The van der Waals surface area contributed by atoms with Gasteiger partial charge in [0.25, 0.3) is 0 Å². The minimum Gasteiger partial charge on any atom is -0.497 e. The third-order valence-corrected chi connectivity index (χ3v) is 8.70. The van der Waals surface area contributed by atoms with E-state index in [0.717, 1.165) is 5.56 Å². The molecule has 0 aliphatic carbocycles. The average molecular weight is 510 g/mol. The van der Waals surface area contributed by atoms with Crippen molar-refractivity contribution >= 4 is 55.6 Å². The van der Waals surface area contributed by atoms with Crippen molar-refractivity contribution in [3.05, 3.63) is 47.0 Å². The summed E-state index contributed by atoms with van der Waals surface area (Å²) < 4.78 is 35.5. The number of aliphatic imine (C=N–C) groups is 1. The van der Waals surface area contributed by atoms with E-state index in [4.69, 9.17) is 21.1 Å². The average Bonchev–Trinajstić information content (AvgIpc) is 3.25. The first kappa shape index (κ1) is 23.7. The van der Waals surface area contributed by atoms with Crippen LogP contribution in [0.4, 0.5) is 11.4 Å². The van der Waals surface area contributed by atoms with Crippen LogP contribution < -0.4 is 19.7 Å². The van der Waals surface area contributed by atoms with Gasteiger partial charge in [0.15, 0.2) is 15.0 Å². The van der Waals surface area contributed by atoms with E-state index in [0.29, 0.717) is 33.1 Å². The van der Waals surface area contributed by atoms with Crippen LogP contribution in [0.5, 0.6) is 11.5 Å². The van der Waals surface area contributed by atoms with Crippen LogP contribution in [0.1, 0.15) is 5.56 Å². The summed E-state index contributed by atoms with van der Waals surface area (Å²) in [5.74, 6) is 1.02. The van der Waals surface area contributed by atoms with Gasteiger partial charge in [0, 0.05) is 16.8 Å². The number of benzene rings is 2. The third-order valence-electron chi connectivity index (χ3n) is 5.63. The van der Waals surface area contributed by atoms with Gasteiger partial charge in [-0.3, -0.25) is 9.79 Å². The molecule has 0 aromatic heterocycles. The number of nitrogens with zero attached hydrogens (tertiary/aromatic N) is 2. The number of rotatable bonds is 6. The van der Waals surface area contributed by atoms with E-state index < -0.39 is 15.9 Å². The molecule has 0 saturated carbocycles. The molecule has 2 heterocycles. The van der Waals surface area contributed by atoms with Crippen molar-refractivity contribution in [1.82, 2.24) is 0 Å². The summed E-state index contributed by atoms with van der Waals surface area (Å²) in [6, 6.07) is 9.90.